The van der Waals surface area contributed by atoms with Crippen LogP contribution in [0.2, 0.25) is 0 Å². The summed E-state index contributed by atoms with van der Waals surface area (Å²) in [5.74, 6) is -2.43. The number of benzene rings is 2. The molecule has 0 bridgehead atoms. The molecule has 150 valence electrons. The minimum absolute atomic E-state index is 0.299. The van der Waals surface area contributed by atoms with E-state index in [1.807, 2.05) is 26.0 Å². The van der Waals surface area contributed by atoms with Crippen LogP contribution in [-0.2, 0) is 4.79 Å². The molecule has 3 rings (SSSR count). The number of halogens is 2. The zero-order valence-electron chi connectivity index (χ0n) is 15.8. The predicted octanol–water partition coefficient (Wildman–Crippen LogP) is 3.78. The number of ether oxygens (including phenoxy) is 1. The van der Waals surface area contributed by atoms with Gasteiger partial charge in [-0.25, -0.2) is 8.78 Å². The van der Waals surface area contributed by atoms with Gasteiger partial charge >= 0.3 is 0 Å². The summed E-state index contributed by atoms with van der Waals surface area (Å²) in [5.41, 5.74) is 4.46. The number of aromatic nitrogens is 1. The van der Waals surface area contributed by atoms with Crippen molar-refractivity contribution in [1.29, 1.82) is 0 Å². The Morgan fingerprint density at radius 3 is 2.10 bits per heavy atom. The molecule has 0 spiro atoms. The summed E-state index contributed by atoms with van der Waals surface area (Å²) in [4.78, 5) is 24.2. The highest BCUT2D eigenvalue weighted by molar-refractivity contribution is 6.00. The Hall–Kier alpha value is -3.68. The lowest BCUT2D eigenvalue weighted by Gasteiger charge is -2.12. The number of rotatable bonds is 6. The third-order valence-corrected chi connectivity index (χ3v) is 4.20. The fourth-order valence-corrected chi connectivity index (χ4v) is 2.66. The van der Waals surface area contributed by atoms with E-state index in [2.05, 4.69) is 10.7 Å². The number of nitrogens with one attached hydrogen (secondary N) is 2. The van der Waals surface area contributed by atoms with Gasteiger partial charge in [-0.3, -0.25) is 19.7 Å². The van der Waals surface area contributed by atoms with Gasteiger partial charge in [0.1, 0.15) is 23.1 Å². The first-order chi connectivity index (χ1) is 13.8. The number of carbonyl (C=O) groups is 2. The van der Waals surface area contributed by atoms with E-state index >= 15 is 0 Å². The first-order valence-electron chi connectivity index (χ1n) is 8.78. The molecule has 0 aliphatic heterocycles. The monoisotopic (exact) mass is 399 g/mol. The predicted molar refractivity (Wildman–Crippen MR) is 105 cm³/mol. The average Bonchev–Trinajstić information content (AvgIpc) is 3.01. The molecule has 0 fully saturated rings. The topological polar surface area (TPSA) is 72.4 Å². The molecule has 2 aromatic carbocycles. The van der Waals surface area contributed by atoms with Crippen LogP contribution < -0.4 is 15.5 Å². The van der Waals surface area contributed by atoms with Crippen LogP contribution >= 0.6 is 0 Å². The van der Waals surface area contributed by atoms with E-state index in [9.17, 15) is 18.4 Å². The van der Waals surface area contributed by atoms with E-state index in [4.69, 9.17) is 4.74 Å². The lowest BCUT2D eigenvalue weighted by atomic mass is 10.2. The van der Waals surface area contributed by atoms with E-state index in [0.29, 0.717) is 11.3 Å². The first-order valence-corrected chi connectivity index (χ1v) is 8.78. The standard InChI is InChI=1S/C21H19F2N3O3/c1-13-6-7-14(2)26(13)25-21(28)15-8-10-16(11-9-15)29-12-19(27)24-20-17(22)4-3-5-18(20)23/h3-11H,12H2,1-2H3,(H,24,27)(H,25,28). The molecule has 8 heteroatoms. The highest BCUT2D eigenvalue weighted by Gasteiger charge is 2.13. The Kier molecular flexibility index (Phi) is 5.92. The van der Waals surface area contributed by atoms with Crippen LogP contribution in [-0.4, -0.2) is 23.1 Å². The van der Waals surface area contributed by atoms with Gasteiger partial charge in [0.05, 0.1) is 0 Å². The minimum Gasteiger partial charge on any atom is -0.484 e. The first kappa shape index (κ1) is 20.1. The number of nitrogens with zero attached hydrogens (tertiary/aromatic N) is 1. The van der Waals surface area contributed by atoms with Gasteiger partial charge < -0.3 is 10.1 Å². The van der Waals surface area contributed by atoms with Crippen LogP contribution in [0.4, 0.5) is 14.5 Å². The molecule has 6 nitrogen and oxygen atoms in total. The maximum absolute atomic E-state index is 13.5. The quantitative estimate of drug-likeness (QED) is 0.663. The molecule has 0 unspecified atom stereocenters. The van der Waals surface area contributed by atoms with Gasteiger partial charge in [-0.1, -0.05) is 6.07 Å². The average molecular weight is 399 g/mol. The number of hydrogen-bond donors (Lipinski definition) is 2. The molecule has 3 aromatic rings. The van der Waals surface area contributed by atoms with Gasteiger partial charge in [0, 0.05) is 17.0 Å². The maximum atomic E-state index is 13.5. The minimum atomic E-state index is -0.873. The second-order valence-electron chi connectivity index (χ2n) is 6.35. The summed E-state index contributed by atoms with van der Waals surface area (Å²) in [6, 6.07) is 13.2. The molecule has 1 aromatic heterocycles. The van der Waals surface area contributed by atoms with Gasteiger partial charge in [-0.15, -0.1) is 0 Å². The maximum Gasteiger partial charge on any atom is 0.270 e. The van der Waals surface area contributed by atoms with Gasteiger partial charge in [-0.2, -0.15) is 0 Å². The van der Waals surface area contributed by atoms with Crippen molar-refractivity contribution in [3.63, 3.8) is 0 Å². The number of carbonyl (C=O) groups excluding carboxylic acids is 2. The summed E-state index contributed by atoms with van der Waals surface area (Å²) in [5, 5.41) is 2.13. The van der Waals surface area contributed by atoms with E-state index < -0.39 is 29.8 Å². The van der Waals surface area contributed by atoms with Crippen molar-refractivity contribution in [2.24, 2.45) is 0 Å². The van der Waals surface area contributed by atoms with Gasteiger partial charge in [0.2, 0.25) is 0 Å². The summed E-state index contributed by atoms with van der Waals surface area (Å²) in [6.07, 6.45) is 0. The molecular weight excluding hydrogens is 380 g/mol. The molecule has 2 amide bonds. The number of aryl methyl sites for hydroxylation is 2. The molecule has 29 heavy (non-hydrogen) atoms. The van der Waals surface area contributed by atoms with Crippen LogP contribution in [0.1, 0.15) is 21.7 Å². The summed E-state index contributed by atoms with van der Waals surface area (Å²) in [7, 11) is 0. The highest BCUT2D eigenvalue weighted by Crippen LogP contribution is 2.18. The second-order valence-corrected chi connectivity index (χ2v) is 6.35. The van der Waals surface area contributed by atoms with Crippen LogP contribution in [0.5, 0.6) is 5.75 Å². The fraction of sp³-hybridized carbons (Fsp3) is 0.143. The van der Waals surface area contributed by atoms with Crippen LogP contribution in [0.15, 0.2) is 54.6 Å². The summed E-state index contributed by atoms with van der Waals surface area (Å²) >= 11 is 0. The Labute approximate surface area is 166 Å². The molecule has 0 aliphatic carbocycles. The Morgan fingerprint density at radius 2 is 1.52 bits per heavy atom. The van der Waals surface area contributed by atoms with Gasteiger partial charge in [-0.05, 0) is 62.4 Å². The van der Waals surface area contributed by atoms with Gasteiger partial charge in [0.25, 0.3) is 11.8 Å². The van der Waals surface area contributed by atoms with Crippen LogP contribution in [0.3, 0.4) is 0 Å². The number of para-hydroxylation sites is 1. The van der Waals surface area contributed by atoms with Crippen molar-refractivity contribution in [1.82, 2.24) is 4.68 Å². The van der Waals surface area contributed by atoms with Crippen molar-refractivity contribution in [3.05, 3.63) is 83.2 Å². The lowest BCUT2D eigenvalue weighted by molar-refractivity contribution is -0.118. The Bertz CT molecular complexity index is 1010. The third kappa shape index (κ3) is 4.78. The largest absolute Gasteiger partial charge is 0.484 e. The number of anilines is 1. The van der Waals surface area contributed by atoms with Crippen molar-refractivity contribution >= 4 is 17.5 Å². The van der Waals surface area contributed by atoms with Crippen LogP contribution in [0.25, 0.3) is 0 Å². The van der Waals surface area contributed by atoms with Gasteiger partial charge in [0.15, 0.2) is 6.61 Å². The smallest absolute Gasteiger partial charge is 0.270 e. The second kappa shape index (κ2) is 8.55. The zero-order chi connectivity index (χ0) is 21.0. The number of hydrogen-bond acceptors (Lipinski definition) is 3. The fourth-order valence-electron chi connectivity index (χ4n) is 2.66. The molecule has 0 saturated carbocycles. The zero-order valence-corrected chi connectivity index (χ0v) is 15.8. The molecule has 2 N–H and O–H groups in total. The highest BCUT2D eigenvalue weighted by atomic mass is 19.1. The normalized spacial score (nSPS) is 10.5. The van der Waals surface area contributed by atoms with E-state index in [0.717, 1.165) is 23.5 Å². The molecule has 0 saturated heterocycles. The van der Waals surface area contributed by atoms with Crippen molar-refractivity contribution in [2.75, 3.05) is 17.3 Å². The molecule has 0 radical (unpaired) electrons. The van der Waals surface area contributed by atoms with Crippen molar-refractivity contribution in [3.8, 4) is 5.75 Å². The molecule has 1 heterocycles. The molecular formula is C21H19F2N3O3. The van der Waals surface area contributed by atoms with Crippen molar-refractivity contribution < 1.29 is 23.1 Å². The van der Waals surface area contributed by atoms with E-state index in [1.54, 1.807) is 16.8 Å². The van der Waals surface area contributed by atoms with Crippen molar-refractivity contribution in [2.45, 2.75) is 13.8 Å². The lowest BCUT2D eigenvalue weighted by Crippen LogP contribution is -2.24. The van der Waals surface area contributed by atoms with E-state index in [1.165, 1.54) is 18.2 Å². The Morgan fingerprint density at radius 1 is 0.931 bits per heavy atom. The third-order valence-electron chi connectivity index (χ3n) is 4.20. The molecule has 0 atom stereocenters. The Balaban J connectivity index is 1.56. The molecule has 0 aliphatic rings. The summed E-state index contributed by atoms with van der Waals surface area (Å²) in [6.45, 7) is 3.31. The van der Waals surface area contributed by atoms with E-state index in [-0.39, 0.29) is 5.91 Å². The van der Waals surface area contributed by atoms with Crippen LogP contribution in [0, 0.1) is 25.5 Å². The summed E-state index contributed by atoms with van der Waals surface area (Å²) < 4.78 is 34.1. The number of amides is 2. The SMILES string of the molecule is Cc1ccc(C)n1NC(=O)c1ccc(OCC(=O)Nc2c(F)cccc2F)cc1.